The van der Waals surface area contributed by atoms with Crippen LogP contribution in [0.2, 0.25) is 0 Å². The molecular weight excluding hydrogens is 266 g/mol. The van der Waals surface area contributed by atoms with Crippen LogP contribution in [-0.2, 0) is 9.59 Å². The van der Waals surface area contributed by atoms with Crippen molar-refractivity contribution in [1.82, 2.24) is 5.32 Å². The lowest BCUT2D eigenvalue weighted by molar-refractivity contribution is -0.134. The Morgan fingerprint density at radius 3 is 2.43 bits per heavy atom. The smallest absolute Gasteiger partial charge is 0.332 e. The van der Waals surface area contributed by atoms with Crippen LogP contribution < -0.4 is 5.32 Å². The van der Waals surface area contributed by atoms with E-state index in [-0.39, 0.29) is 23.9 Å². The summed E-state index contributed by atoms with van der Waals surface area (Å²) in [6.45, 7) is 0. The molecule has 21 heavy (non-hydrogen) atoms. The molecule has 4 nitrogen and oxygen atoms in total. The van der Waals surface area contributed by atoms with Crippen molar-refractivity contribution in [3.8, 4) is 0 Å². The summed E-state index contributed by atoms with van der Waals surface area (Å²) >= 11 is 0. The summed E-state index contributed by atoms with van der Waals surface area (Å²) in [6, 6.07) is 9.40. The summed E-state index contributed by atoms with van der Waals surface area (Å²) in [6.07, 6.45) is 6.96. The number of hydrogen-bond acceptors (Lipinski definition) is 2. The molecule has 2 rings (SSSR count). The maximum atomic E-state index is 12.0. The largest absolute Gasteiger partial charge is 0.478 e. The van der Waals surface area contributed by atoms with Gasteiger partial charge in [0.15, 0.2) is 0 Å². The van der Waals surface area contributed by atoms with E-state index in [1.165, 1.54) is 6.42 Å². The zero-order valence-corrected chi connectivity index (χ0v) is 12.0. The Balaban J connectivity index is 1.97. The average molecular weight is 287 g/mol. The summed E-state index contributed by atoms with van der Waals surface area (Å²) in [5, 5.41) is 12.2. The van der Waals surface area contributed by atoms with E-state index in [0.29, 0.717) is 0 Å². The predicted molar refractivity (Wildman–Crippen MR) is 81.7 cm³/mol. The molecular formula is C17H21NO3. The lowest BCUT2D eigenvalue weighted by Gasteiger charge is -2.22. The van der Waals surface area contributed by atoms with Gasteiger partial charge in [-0.25, -0.2) is 4.79 Å². The fourth-order valence-electron chi connectivity index (χ4n) is 2.64. The van der Waals surface area contributed by atoms with Gasteiger partial charge in [-0.2, -0.15) is 0 Å². The molecule has 0 unspecified atom stereocenters. The van der Waals surface area contributed by atoms with Crippen molar-refractivity contribution in [3.63, 3.8) is 0 Å². The third kappa shape index (κ3) is 5.06. The first-order chi connectivity index (χ1) is 10.1. The van der Waals surface area contributed by atoms with Gasteiger partial charge >= 0.3 is 5.97 Å². The highest BCUT2D eigenvalue weighted by molar-refractivity contribution is 5.98. The van der Waals surface area contributed by atoms with Gasteiger partial charge in [-0.05, 0) is 24.5 Å². The van der Waals surface area contributed by atoms with Crippen molar-refractivity contribution < 1.29 is 14.7 Å². The number of carbonyl (C=O) groups is 2. The topological polar surface area (TPSA) is 66.4 Å². The second-order valence-corrected chi connectivity index (χ2v) is 5.46. The molecule has 112 valence electrons. The quantitative estimate of drug-likeness (QED) is 0.818. The maximum absolute atomic E-state index is 12.0. The molecule has 0 saturated heterocycles. The highest BCUT2D eigenvalue weighted by Gasteiger charge is 2.18. The first-order valence-corrected chi connectivity index (χ1v) is 7.43. The van der Waals surface area contributed by atoms with Gasteiger partial charge in [-0.1, -0.05) is 49.6 Å². The van der Waals surface area contributed by atoms with E-state index >= 15 is 0 Å². The first kappa shape index (κ1) is 15.3. The van der Waals surface area contributed by atoms with Gasteiger partial charge < -0.3 is 10.4 Å². The van der Waals surface area contributed by atoms with Crippen LogP contribution in [0.4, 0.5) is 0 Å². The number of carboxylic acid groups (broad SMARTS) is 1. The third-order valence-electron chi connectivity index (χ3n) is 3.74. The van der Waals surface area contributed by atoms with E-state index in [2.05, 4.69) is 5.32 Å². The van der Waals surface area contributed by atoms with E-state index in [1.807, 2.05) is 30.3 Å². The summed E-state index contributed by atoms with van der Waals surface area (Å²) in [4.78, 5) is 23.3. The normalized spacial score (nSPS) is 16.5. The van der Waals surface area contributed by atoms with E-state index in [1.54, 1.807) is 6.08 Å². The molecule has 1 saturated carbocycles. The maximum Gasteiger partial charge on any atom is 0.332 e. The number of rotatable bonds is 5. The number of aliphatic carboxylic acids is 1. The molecule has 0 bridgehead atoms. The van der Waals surface area contributed by atoms with Crippen LogP contribution in [0.3, 0.4) is 0 Å². The molecule has 1 fully saturated rings. The monoisotopic (exact) mass is 287 g/mol. The Kier molecular flexibility index (Phi) is 5.55. The minimum atomic E-state index is -1.04. The SMILES string of the molecule is O=C(C/C(=C/c1ccccc1)C(=O)O)NC1CCCCC1. The fourth-order valence-corrected chi connectivity index (χ4v) is 2.64. The molecule has 1 aromatic carbocycles. The Hall–Kier alpha value is -2.10. The van der Waals surface area contributed by atoms with Crippen LogP contribution in [-0.4, -0.2) is 23.0 Å². The molecule has 0 spiro atoms. The third-order valence-corrected chi connectivity index (χ3v) is 3.74. The van der Waals surface area contributed by atoms with Gasteiger partial charge in [0.25, 0.3) is 0 Å². The van der Waals surface area contributed by atoms with Crippen LogP contribution in [0.25, 0.3) is 6.08 Å². The van der Waals surface area contributed by atoms with Crippen LogP contribution in [0.1, 0.15) is 44.1 Å². The van der Waals surface area contributed by atoms with Crippen LogP contribution in [0, 0.1) is 0 Å². The summed E-state index contributed by atoms with van der Waals surface area (Å²) in [5.74, 6) is -1.25. The van der Waals surface area contributed by atoms with E-state index in [9.17, 15) is 14.7 Å². The highest BCUT2D eigenvalue weighted by Crippen LogP contribution is 2.18. The van der Waals surface area contributed by atoms with Gasteiger partial charge in [0.05, 0.1) is 6.42 Å². The zero-order valence-electron chi connectivity index (χ0n) is 12.0. The molecule has 2 N–H and O–H groups in total. The van der Waals surface area contributed by atoms with Gasteiger partial charge in [0.2, 0.25) is 5.91 Å². The second-order valence-electron chi connectivity index (χ2n) is 5.46. The average Bonchev–Trinajstić information content (AvgIpc) is 2.48. The van der Waals surface area contributed by atoms with E-state index in [4.69, 9.17) is 0 Å². The number of nitrogens with one attached hydrogen (secondary N) is 1. The minimum absolute atomic E-state index is 0.0826. The molecule has 0 heterocycles. The molecule has 0 aromatic heterocycles. The Morgan fingerprint density at radius 2 is 1.81 bits per heavy atom. The number of carbonyl (C=O) groups excluding carboxylic acids is 1. The lowest BCUT2D eigenvalue weighted by atomic mass is 9.95. The summed E-state index contributed by atoms with van der Waals surface area (Å²) in [5.41, 5.74) is 0.912. The lowest BCUT2D eigenvalue weighted by Crippen LogP contribution is -2.36. The molecule has 4 heteroatoms. The van der Waals surface area contributed by atoms with Crippen molar-refractivity contribution in [2.24, 2.45) is 0 Å². The molecule has 0 atom stereocenters. The van der Waals surface area contributed by atoms with Gasteiger partial charge in [0, 0.05) is 11.6 Å². The molecule has 1 aliphatic rings. The van der Waals surface area contributed by atoms with Gasteiger partial charge in [-0.3, -0.25) is 4.79 Å². The highest BCUT2D eigenvalue weighted by atomic mass is 16.4. The van der Waals surface area contributed by atoms with E-state index in [0.717, 1.165) is 31.2 Å². The minimum Gasteiger partial charge on any atom is -0.478 e. The molecule has 1 aliphatic carbocycles. The van der Waals surface area contributed by atoms with Crippen molar-refractivity contribution >= 4 is 18.0 Å². The van der Waals surface area contributed by atoms with Crippen molar-refractivity contribution in [1.29, 1.82) is 0 Å². The molecule has 1 amide bonds. The number of amides is 1. The summed E-state index contributed by atoms with van der Waals surface area (Å²) < 4.78 is 0. The van der Waals surface area contributed by atoms with Crippen LogP contribution in [0.15, 0.2) is 35.9 Å². The van der Waals surface area contributed by atoms with Crippen LogP contribution >= 0.6 is 0 Å². The van der Waals surface area contributed by atoms with Crippen LogP contribution in [0.5, 0.6) is 0 Å². The molecule has 0 aliphatic heterocycles. The summed E-state index contributed by atoms with van der Waals surface area (Å²) in [7, 11) is 0. The van der Waals surface area contributed by atoms with Crippen molar-refractivity contribution in [2.45, 2.75) is 44.6 Å². The Labute approximate surface area is 124 Å². The van der Waals surface area contributed by atoms with Gasteiger partial charge in [-0.15, -0.1) is 0 Å². The first-order valence-electron chi connectivity index (χ1n) is 7.43. The molecule has 0 radical (unpaired) electrons. The Morgan fingerprint density at radius 1 is 1.14 bits per heavy atom. The number of carboxylic acids is 1. The van der Waals surface area contributed by atoms with Gasteiger partial charge in [0.1, 0.15) is 0 Å². The Bertz CT molecular complexity index is 516. The predicted octanol–water partition coefficient (Wildman–Crippen LogP) is 2.99. The fraction of sp³-hybridized carbons (Fsp3) is 0.412. The van der Waals surface area contributed by atoms with Crippen molar-refractivity contribution in [3.05, 3.63) is 41.5 Å². The molecule has 1 aromatic rings. The standard InChI is InChI=1S/C17H21NO3/c19-16(18-15-9-5-2-6-10-15)12-14(17(20)21)11-13-7-3-1-4-8-13/h1,3-4,7-8,11,15H,2,5-6,9-10,12H2,(H,18,19)(H,20,21)/b14-11-. The van der Waals surface area contributed by atoms with Crippen molar-refractivity contribution in [2.75, 3.05) is 0 Å². The second kappa shape index (κ2) is 7.62. The zero-order chi connectivity index (χ0) is 15.1. The number of hydrogen-bond donors (Lipinski definition) is 2. The van der Waals surface area contributed by atoms with E-state index < -0.39 is 5.97 Å². The number of benzene rings is 1.